The molecule has 54 heavy (non-hydrogen) atoms. The van der Waals surface area contributed by atoms with Crippen molar-refractivity contribution in [3.8, 4) is 0 Å². The Morgan fingerprint density at radius 1 is 1.07 bits per heavy atom. The van der Waals surface area contributed by atoms with Crippen LogP contribution in [-0.2, 0) is 36.6 Å². The number of hydrogen-bond donors (Lipinski definition) is 1. The van der Waals surface area contributed by atoms with Crippen molar-refractivity contribution in [3.63, 3.8) is 0 Å². The van der Waals surface area contributed by atoms with Crippen molar-refractivity contribution in [1.29, 1.82) is 0 Å². The van der Waals surface area contributed by atoms with Crippen LogP contribution in [0.25, 0.3) is 11.0 Å². The van der Waals surface area contributed by atoms with Crippen molar-refractivity contribution in [2.24, 2.45) is 5.92 Å². The summed E-state index contributed by atoms with van der Waals surface area (Å²) < 4.78 is 85.0. The zero-order chi connectivity index (χ0) is 39.3. The number of sulfone groups is 1. The van der Waals surface area contributed by atoms with E-state index in [1.54, 1.807) is 38.7 Å². The molecule has 0 bridgehead atoms. The van der Waals surface area contributed by atoms with Gasteiger partial charge in [-0.3, -0.25) is 9.36 Å². The molecule has 0 unspecified atom stereocenters. The Morgan fingerprint density at radius 3 is 2.43 bits per heavy atom. The average Bonchev–Trinajstić information content (AvgIpc) is 3.11. The van der Waals surface area contributed by atoms with Crippen LogP contribution in [-0.4, -0.2) is 96.7 Å². The van der Waals surface area contributed by atoms with Crippen molar-refractivity contribution in [2.75, 3.05) is 61.1 Å². The van der Waals surface area contributed by atoms with E-state index < -0.39 is 50.8 Å². The minimum atomic E-state index is -3.52. The highest BCUT2D eigenvalue weighted by Gasteiger charge is 2.46. The van der Waals surface area contributed by atoms with Crippen LogP contribution in [0.2, 0.25) is 0 Å². The molecule has 2 saturated heterocycles. The molecule has 5 rings (SSSR count). The number of amides is 1. The molecule has 13 nitrogen and oxygen atoms in total. The zero-order valence-electron chi connectivity index (χ0n) is 31.2. The predicted octanol–water partition coefficient (Wildman–Crippen LogP) is 5.46. The predicted molar refractivity (Wildman–Crippen MR) is 198 cm³/mol. The van der Waals surface area contributed by atoms with Crippen molar-refractivity contribution < 1.29 is 40.7 Å². The van der Waals surface area contributed by atoms with Gasteiger partial charge in [-0.2, -0.15) is 0 Å². The highest BCUT2D eigenvalue weighted by atomic mass is 32.2. The van der Waals surface area contributed by atoms with Crippen LogP contribution in [0.15, 0.2) is 35.4 Å². The summed E-state index contributed by atoms with van der Waals surface area (Å²) in [5.74, 6) is -5.78. The number of anilines is 2. The Labute approximate surface area is 313 Å². The molecule has 3 aromatic rings. The molecule has 2 fully saturated rings. The number of carbonyl (C=O) groups excluding carboxylic acids is 2. The molecule has 2 aromatic heterocycles. The number of likely N-dealkylation sites (tertiary alicyclic amines) is 1. The number of carbonyl (C=O) groups is 2. The number of nitrogens with zero attached hydrogens (tertiary/aromatic N) is 5. The maximum absolute atomic E-state index is 16.2. The average molecular weight is 779 g/mol. The molecule has 0 spiro atoms. The van der Waals surface area contributed by atoms with Crippen LogP contribution in [0.5, 0.6) is 0 Å². The molecule has 1 amide bonds. The summed E-state index contributed by atoms with van der Waals surface area (Å²) in [6, 6.07) is 4.61. The van der Waals surface area contributed by atoms with Crippen LogP contribution in [0.3, 0.4) is 0 Å². The molecule has 1 aromatic carbocycles. The quantitative estimate of drug-likeness (QED) is 0.164. The number of halogens is 3. The van der Waals surface area contributed by atoms with E-state index in [0.717, 1.165) is 12.4 Å². The van der Waals surface area contributed by atoms with Gasteiger partial charge in [0.15, 0.2) is 9.84 Å². The SMILES string of the molecule is C[C@@H](Nc1ncnc2c1cc(N1CCS(=O)(=O)CC1)c(=O)n2CCCOCCCC=O)c1cccc(C(F)(F)C2CCN(C(=O)OC(C)(C)C)CC2)c1F. The zero-order valence-corrected chi connectivity index (χ0v) is 32.0. The van der Waals surface area contributed by atoms with Gasteiger partial charge < -0.3 is 29.4 Å². The van der Waals surface area contributed by atoms with Crippen molar-refractivity contribution in [3.05, 3.63) is 57.9 Å². The number of piperidine rings is 1. The molecule has 2 aliphatic heterocycles. The summed E-state index contributed by atoms with van der Waals surface area (Å²) in [5, 5.41) is 3.55. The maximum atomic E-state index is 16.2. The van der Waals surface area contributed by atoms with E-state index in [-0.39, 0.29) is 85.3 Å². The van der Waals surface area contributed by atoms with E-state index in [0.29, 0.717) is 37.9 Å². The number of aromatic nitrogens is 3. The summed E-state index contributed by atoms with van der Waals surface area (Å²) in [6.07, 6.45) is 2.84. The number of nitrogens with one attached hydrogen (secondary N) is 1. The van der Waals surface area contributed by atoms with Gasteiger partial charge in [0, 0.05) is 63.8 Å². The second-order valence-electron chi connectivity index (χ2n) is 14.8. The van der Waals surface area contributed by atoms with Gasteiger partial charge in [0.2, 0.25) is 0 Å². The largest absolute Gasteiger partial charge is 0.444 e. The lowest BCUT2D eigenvalue weighted by Crippen LogP contribution is -2.44. The smallest absolute Gasteiger partial charge is 0.410 e. The van der Waals surface area contributed by atoms with Gasteiger partial charge in [-0.25, -0.2) is 36.4 Å². The van der Waals surface area contributed by atoms with E-state index in [2.05, 4.69) is 15.3 Å². The number of unbranched alkanes of at least 4 members (excludes halogenated alkanes) is 1. The highest BCUT2D eigenvalue weighted by molar-refractivity contribution is 7.91. The third kappa shape index (κ3) is 9.70. The van der Waals surface area contributed by atoms with Crippen molar-refractivity contribution in [2.45, 2.75) is 83.9 Å². The Bertz CT molecular complexity index is 1970. The first-order valence-electron chi connectivity index (χ1n) is 18.3. The highest BCUT2D eigenvalue weighted by Crippen LogP contribution is 2.44. The second kappa shape index (κ2) is 17.0. The van der Waals surface area contributed by atoms with Crippen LogP contribution in [0, 0.1) is 11.7 Å². The summed E-state index contributed by atoms with van der Waals surface area (Å²) in [6.45, 7) is 8.06. The van der Waals surface area contributed by atoms with Crippen LogP contribution in [0.1, 0.15) is 77.0 Å². The van der Waals surface area contributed by atoms with E-state index in [4.69, 9.17) is 9.47 Å². The number of aldehydes is 1. The van der Waals surface area contributed by atoms with Gasteiger partial charge in [-0.1, -0.05) is 18.2 Å². The Balaban J connectivity index is 1.40. The lowest BCUT2D eigenvalue weighted by molar-refractivity contribution is -0.108. The number of hydrogen-bond acceptors (Lipinski definition) is 11. The molecule has 2 aliphatic rings. The standard InChI is InChI=1S/C37H49F3N6O7S/c1-25(27-9-7-10-29(31(27)38)37(39,40)26-11-14-45(15-12-26)35(49)53-36(2,3)4)43-32-28-23-30(44-16-21-54(50,51)22-17-44)34(48)46(33(28)42-24-41-32)13-8-20-52-19-6-5-18-47/h7,9-10,18,23-26H,5-6,8,11-17,19-22H2,1-4H3,(H,41,42,43)/t25-/m1/s1. The number of alkyl halides is 2. The molecule has 1 N–H and O–H groups in total. The first kappa shape index (κ1) is 40.9. The number of fused-ring (bicyclic) bond motifs is 1. The molecule has 4 heterocycles. The fraction of sp³-hybridized carbons (Fsp3) is 0.595. The van der Waals surface area contributed by atoms with Gasteiger partial charge in [0.25, 0.3) is 11.5 Å². The molecule has 0 radical (unpaired) electrons. The molecule has 296 valence electrons. The fourth-order valence-electron chi connectivity index (χ4n) is 6.76. The lowest BCUT2D eigenvalue weighted by Gasteiger charge is -2.37. The van der Waals surface area contributed by atoms with E-state index in [1.165, 1.54) is 27.9 Å². The molecule has 0 saturated carbocycles. The normalized spacial score (nSPS) is 17.4. The van der Waals surface area contributed by atoms with Gasteiger partial charge in [0.1, 0.15) is 41.2 Å². The number of rotatable bonds is 14. The number of ether oxygens (including phenoxy) is 2. The minimum Gasteiger partial charge on any atom is -0.444 e. The third-order valence-corrected chi connectivity index (χ3v) is 11.3. The van der Waals surface area contributed by atoms with Crippen LogP contribution < -0.4 is 15.8 Å². The summed E-state index contributed by atoms with van der Waals surface area (Å²) in [5.41, 5.74) is -1.33. The second-order valence-corrected chi connectivity index (χ2v) is 17.1. The number of aryl methyl sites for hydroxylation is 1. The number of pyridine rings is 1. The monoisotopic (exact) mass is 778 g/mol. The maximum Gasteiger partial charge on any atom is 0.410 e. The minimum absolute atomic E-state index is 0.0216. The molecular weight excluding hydrogens is 730 g/mol. The first-order valence-corrected chi connectivity index (χ1v) is 20.1. The van der Waals surface area contributed by atoms with Crippen LogP contribution >= 0.6 is 0 Å². The fourth-order valence-corrected chi connectivity index (χ4v) is 7.96. The Morgan fingerprint density at radius 2 is 1.76 bits per heavy atom. The third-order valence-electron chi connectivity index (χ3n) is 9.70. The number of benzene rings is 1. The molecular formula is C37H49F3N6O7S. The van der Waals surface area contributed by atoms with Gasteiger partial charge in [-0.15, -0.1) is 0 Å². The van der Waals surface area contributed by atoms with Gasteiger partial charge >= 0.3 is 6.09 Å². The van der Waals surface area contributed by atoms with Crippen LogP contribution in [0.4, 0.5) is 29.5 Å². The van der Waals surface area contributed by atoms with E-state index >= 15 is 13.2 Å². The Kier molecular flexibility index (Phi) is 12.9. The molecule has 17 heteroatoms. The van der Waals surface area contributed by atoms with Crippen molar-refractivity contribution in [1.82, 2.24) is 19.4 Å². The van der Waals surface area contributed by atoms with E-state index in [1.807, 2.05) is 0 Å². The van der Waals surface area contributed by atoms with E-state index in [9.17, 15) is 22.8 Å². The Hall–Kier alpha value is -4.25. The summed E-state index contributed by atoms with van der Waals surface area (Å²) >= 11 is 0. The molecule has 0 aliphatic carbocycles. The first-order chi connectivity index (χ1) is 25.5. The molecule has 1 atom stereocenters. The van der Waals surface area contributed by atoms with Crippen molar-refractivity contribution >= 4 is 44.8 Å². The summed E-state index contributed by atoms with van der Waals surface area (Å²) in [7, 11) is -3.24. The summed E-state index contributed by atoms with van der Waals surface area (Å²) in [4.78, 5) is 48.8. The lowest BCUT2D eigenvalue weighted by atomic mass is 9.85. The van der Waals surface area contributed by atoms with Gasteiger partial charge in [-0.05, 0) is 59.4 Å². The van der Waals surface area contributed by atoms with Gasteiger partial charge in [0.05, 0.1) is 28.5 Å². The topological polar surface area (TPSA) is 153 Å².